The van der Waals surface area contributed by atoms with Crippen LogP contribution in [0.2, 0.25) is 0 Å². The molecule has 2 N–H and O–H groups in total. The molecule has 0 radical (unpaired) electrons. The van der Waals surface area contributed by atoms with Gasteiger partial charge in [0, 0.05) is 18.3 Å². The molecule has 0 aliphatic carbocycles. The average molecular weight is 257 g/mol. The fourth-order valence-corrected chi connectivity index (χ4v) is 2.57. The van der Waals surface area contributed by atoms with Gasteiger partial charge in [0.15, 0.2) is 0 Å². The molecule has 2 heterocycles. The number of aromatic nitrogens is 2. The molecule has 19 heavy (non-hydrogen) atoms. The van der Waals surface area contributed by atoms with E-state index < -0.39 is 0 Å². The number of para-hydroxylation sites is 2. The smallest absolute Gasteiger partial charge is 0.230 e. The number of amides is 2. The zero-order valence-corrected chi connectivity index (χ0v) is 10.6. The van der Waals surface area contributed by atoms with Crippen molar-refractivity contribution in [1.82, 2.24) is 15.3 Å². The first-order valence-corrected chi connectivity index (χ1v) is 6.43. The first-order valence-electron chi connectivity index (χ1n) is 6.43. The second-order valence-electron chi connectivity index (χ2n) is 4.99. The number of imide groups is 1. The second kappa shape index (κ2) is 4.50. The summed E-state index contributed by atoms with van der Waals surface area (Å²) in [4.78, 5) is 30.8. The maximum absolute atomic E-state index is 11.9. The highest BCUT2D eigenvalue weighted by Crippen LogP contribution is 2.29. The summed E-state index contributed by atoms with van der Waals surface area (Å²) in [7, 11) is 0. The number of aromatic amines is 1. The minimum absolute atomic E-state index is 0.0273. The Morgan fingerprint density at radius 1 is 1.32 bits per heavy atom. The molecule has 0 saturated carbocycles. The Morgan fingerprint density at radius 3 is 2.84 bits per heavy atom. The minimum atomic E-state index is -0.196. The Bertz CT molecular complexity index is 614. The number of nitrogens with one attached hydrogen (secondary N) is 2. The lowest BCUT2D eigenvalue weighted by Gasteiger charge is -2.24. The molecule has 1 aromatic heterocycles. The van der Waals surface area contributed by atoms with Crippen LogP contribution in [0.25, 0.3) is 11.0 Å². The van der Waals surface area contributed by atoms with Crippen molar-refractivity contribution < 1.29 is 9.59 Å². The van der Waals surface area contributed by atoms with E-state index in [1.54, 1.807) is 0 Å². The average Bonchev–Trinajstić information content (AvgIpc) is 2.81. The predicted molar refractivity (Wildman–Crippen MR) is 70.4 cm³/mol. The van der Waals surface area contributed by atoms with Crippen molar-refractivity contribution in [3.05, 3.63) is 30.1 Å². The first kappa shape index (κ1) is 11.9. The number of fused-ring (bicyclic) bond motifs is 1. The molecule has 2 amide bonds. The maximum Gasteiger partial charge on any atom is 0.230 e. The topological polar surface area (TPSA) is 74.8 Å². The number of benzene rings is 1. The van der Waals surface area contributed by atoms with Crippen LogP contribution in [0, 0.1) is 5.92 Å². The van der Waals surface area contributed by atoms with Gasteiger partial charge in [0.1, 0.15) is 5.82 Å². The van der Waals surface area contributed by atoms with E-state index in [0.717, 1.165) is 16.9 Å². The molecule has 98 valence electrons. The Balaban J connectivity index is 1.88. The zero-order chi connectivity index (χ0) is 13.4. The standard InChI is InChI=1S/C14H15N3O2/c1-8(9-6-7-12(18)17-14(9)19)13-15-10-4-2-3-5-11(10)16-13/h2-5,8-9H,6-7H2,1H3,(H,15,16)(H,17,18,19). The summed E-state index contributed by atoms with van der Waals surface area (Å²) in [6.07, 6.45) is 0.990. The number of rotatable bonds is 2. The van der Waals surface area contributed by atoms with Crippen molar-refractivity contribution in [3.63, 3.8) is 0 Å². The molecule has 1 saturated heterocycles. The summed E-state index contributed by atoms with van der Waals surface area (Å²) in [5.41, 5.74) is 1.87. The van der Waals surface area contributed by atoms with Gasteiger partial charge >= 0.3 is 0 Å². The van der Waals surface area contributed by atoms with Crippen molar-refractivity contribution in [1.29, 1.82) is 0 Å². The monoisotopic (exact) mass is 257 g/mol. The van der Waals surface area contributed by atoms with Gasteiger partial charge in [0.2, 0.25) is 11.8 Å². The number of imidazole rings is 1. The quantitative estimate of drug-likeness (QED) is 0.804. The lowest BCUT2D eigenvalue weighted by Crippen LogP contribution is -2.42. The highest BCUT2D eigenvalue weighted by atomic mass is 16.2. The van der Waals surface area contributed by atoms with E-state index in [4.69, 9.17) is 0 Å². The molecule has 2 aromatic rings. The van der Waals surface area contributed by atoms with E-state index in [1.807, 2.05) is 31.2 Å². The van der Waals surface area contributed by atoms with Crippen LogP contribution in [-0.2, 0) is 9.59 Å². The van der Waals surface area contributed by atoms with E-state index in [2.05, 4.69) is 15.3 Å². The van der Waals surface area contributed by atoms with Crippen molar-refractivity contribution in [2.45, 2.75) is 25.7 Å². The molecule has 2 atom stereocenters. The molecule has 3 rings (SSSR count). The highest BCUT2D eigenvalue weighted by molar-refractivity contribution is 5.99. The van der Waals surface area contributed by atoms with E-state index in [9.17, 15) is 9.59 Å². The van der Waals surface area contributed by atoms with Crippen LogP contribution >= 0.6 is 0 Å². The summed E-state index contributed by atoms with van der Waals surface area (Å²) in [5, 5.41) is 2.39. The van der Waals surface area contributed by atoms with Gasteiger partial charge in [0.25, 0.3) is 0 Å². The number of piperidine rings is 1. The molecule has 1 aliphatic rings. The highest BCUT2D eigenvalue weighted by Gasteiger charge is 2.33. The van der Waals surface area contributed by atoms with Crippen LogP contribution in [-0.4, -0.2) is 21.8 Å². The molecule has 1 fully saturated rings. The molecule has 1 aliphatic heterocycles. The van der Waals surface area contributed by atoms with Gasteiger partial charge in [-0.25, -0.2) is 4.98 Å². The molecule has 5 heteroatoms. The molecule has 0 spiro atoms. The van der Waals surface area contributed by atoms with Crippen molar-refractivity contribution in [2.75, 3.05) is 0 Å². The van der Waals surface area contributed by atoms with Crippen LogP contribution < -0.4 is 5.32 Å². The largest absolute Gasteiger partial charge is 0.342 e. The van der Waals surface area contributed by atoms with Crippen LogP contribution in [0.15, 0.2) is 24.3 Å². The number of carbonyl (C=O) groups excluding carboxylic acids is 2. The van der Waals surface area contributed by atoms with Crippen LogP contribution in [0.3, 0.4) is 0 Å². The summed E-state index contributed by atoms with van der Waals surface area (Å²) < 4.78 is 0. The van der Waals surface area contributed by atoms with Crippen LogP contribution in [0.4, 0.5) is 0 Å². The summed E-state index contributed by atoms with van der Waals surface area (Å²) in [6.45, 7) is 1.97. The SMILES string of the molecule is CC(c1nc2ccccc2[nH]1)C1CCC(=O)NC1=O. The third kappa shape index (κ3) is 2.12. The lowest BCUT2D eigenvalue weighted by molar-refractivity contribution is -0.136. The van der Waals surface area contributed by atoms with E-state index in [0.29, 0.717) is 12.8 Å². The number of H-pyrrole nitrogens is 1. The molecule has 0 bridgehead atoms. The van der Waals surface area contributed by atoms with Gasteiger partial charge in [-0.15, -0.1) is 0 Å². The van der Waals surface area contributed by atoms with E-state index >= 15 is 0 Å². The van der Waals surface area contributed by atoms with Gasteiger partial charge in [0.05, 0.1) is 11.0 Å². The Morgan fingerprint density at radius 2 is 2.11 bits per heavy atom. The Hall–Kier alpha value is -2.17. The zero-order valence-electron chi connectivity index (χ0n) is 10.6. The molecule has 5 nitrogen and oxygen atoms in total. The lowest BCUT2D eigenvalue weighted by atomic mass is 9.86. The van der Waals surface area contributed by atoms with Gasteiger partial charge in [-0.05, 0) is 18.6 Å². The van der Waals surface area contributed by atoms with E-state index in [-0.39, 0.29) is 23.7 Å². The maximum atomic E-state index is 11.9. The van der Waals surface area contributed by atoms with Crippen LogP contribution in [0.5, 0.6) is 0 Å². The van der Waals surface area contributed by atoms with Crippen molar-refractivity contribution in [3.8, 4) is 0 Å². The number of hydrogen-bond donors (Lipinski definition) is 2. The Labute approximate surface area is 110 Å². The predicted octanol–water partition coefficient (Wildman–Crippen LogP) is 1.72. The summed E-state index contributed by atoms with van der Waals surface area (Å²) in [5.74, 6) is 0.205. The minimum Gasteiger partial charge on any atom is -0.342 e. The molecule has 2 unspecified atom stereocenters. The number of hydrogen-bond acceptors (Lipinski definition) is 3. The normalized spacial score (nSPS) is 21.4. The molecular formula is C14H15N3O2. The molecular weight excluding hydrogens is 242 g/mol. The summed E-state index contributed by atoms with van der Waals surface area (Å²) in [6, 6.07) is 7.78. The number of nitrogens with zero attached hydrogens (tertiary/aromatic N) is 1. The van der Waals surface area contributed by atoms with Gasteiger partial charge in [-0.1, -0.05) is 19.1 Å². The van der Waals surface area contributed by atoms with Crippen molar-refractivity contribution in [2.24, 2.45) is 5.92 Å². The van der Waals surface area contributed by atoms with Gasteiger partial charge < -0.3 is 4.98 Å². The third-order valence-corrected chi connectivity index (χ3v) is 3.72. The van der Waals surface area contributed by atoms with E-state index in [1.165, 1.54) is 0 Å². The first-order chi connectivity index (χ1) is 9.15. The fraction of sp³-hybridized carbons (Fsp3) is 0.357. The number of carbonyl (C=O) groups is 2. The Kier molecular flexibility index (Phi) is 2.81. The fourth-order valence-electron chi connectivity index (χ4n) is 2.57. The van der Waals surface area contributed by atoms with Gasteiger partial charge in [-0.3, -0.25) is 14.9 Å². The molecule has 1 aromatic carbocycles. The van der Waals surface area contributed by atoms with Crippen molar-refractivity contribution >= 4 is 22.8 Å². The van der Waals surface area contributed by atoms with Crippen LogP contribution in [0.1, 0.15) is 31.5 Å². The second-order valence-corrected chi connectivity index (χ2v) is 4.99. The van der Waals surface area contributed by atoms with Gasteiger partial charge in [-0.2, -0.15) is 0 Å². The summed E-state index contributed by atoms with van der Waals surface area (Å²) >= 11 is 0. The third-order valence-electron chi connectivity index (χ3n) is 3.72.